The maximum atomic E-state index is 9.36. The summed E-state index contributed by atoms with van der Waals surface area (Å²) < 4.78 is 2.08. The number of imidazole rings is 1. The lowest BCUT2D eigenvalue weighted by Crippen LogP contribution is -2.00. The van der Waals surface area contributed by atoms with E-state index < -0.39 is 0 Å². The highest BCUT2D eigenvalue weighted by Crippen LogP contribution is 2.24. The number of hydrogen-bond donors (Lipinski definition) is 1. The molecule has 0 aliphatic heterocycles. The first-order valence-electron chi connectivity index (χ1n) is 7.32. The number of aromatic nitrogens is 2. The molecule has 3 aromatic rings. The van der Waals surface area contributed by atoms with Crippen LogP contribution in [0.1, 0.15) is 16.8 Å². The van der Waals surface area contributed by atoms with E-state index in [2.05, 4.69) is 21.7 Å². The summed E-state index contributed by atoms with van der Waals surface area (Å²) in [5.74, 6) is 0.813. The van der Waals surface area contributed by atoms with Gasteiger partial charge in [0, 0.05) is 23.5 Å². The Kier molecular flexibility index (Phi) is 5.39. The van der Waals surface area contributed by atoms with Crippen LogP contribution in [0, 0.1) is 0 Å². The molecule has 3 nitrogen and oxygen atoms in total. The van der Waals surface area contributed by atoms with E-state index in [0.717, 1.165) is 22.5 Å². The zero-order valence-electron chi connectivity index (χ0n) is 12.5. The van der Waals surface area contributed by atoms with Gasteiger partial charge in [-0.3, -0.25) is 0 Å². The Morgan fingerprint density at radius 2 is 1.74 bits per heavy atom. The molecular formula is C18H17ClN2OS. The molecular weight excluding hydrogens is 328 g/mol. The highest BCUT2D eigenvalue weighted by Gasteiger charge is 2.09. The minimum Gasteiger partial charge on any atom is -0.390 e. The van der Waals surface area contributed by atoms with Crippen LogP contribution >= 0.6 is 23.4 Å². The van der Waals surface area contributed by atoms with Gasteiger partial charge in [-0.15, -0.1) is 0 Å². The van der Waals surface area contributed by atoms with Crippen molar-refractivity contribution < 1.29 is 5.11 Å². The highest BCUT2D eigenvalue weighted by molar-refractivity contribution is 7.98. The van der Waals surface area contributed by atoms with Crippen molar-refractivity contribution in [1.29, 1.82) is 0 Å². The van der Waals surface area contributed by atoms with E-state index in [0.29, 0.717) is 5.69 Å². The van der Waals surface area contributed by atoms with Gasteiger partial charge in [-0.25, -0.2) is 4.98 Å². The molecule has 1 aromatic heterocycles. The van der Waals surface area contributed by atoms with Gasteiger partial charge in [-0.2, -0.15) is 0 Å². The van der Waals surface area contributed by atoms with E-state index >= 15 is 0 Å². The summed E-state index contributed by atoms with van der Waals surface area (Å²) >= 11 is 7.57. The predicted octanol–water partition coefficient (Wildman–Crippen LogP) is 4.37. The second-order valence-corrected chi connectivity index (χ2v) is 6.58. The van der Waals surface area contributed by atoms with Crippen molar-refractivity contribution in [3.05, 3.63) is 82.6 Å². The lowest BCUT2D eigenvalue weighted by molar-refractivity contribution is 0.277. The average molecular weight is 345 g/mol. The minimum absolute atomic E-state index is 0.0453. The average Bonchev–Trinajstić information content (AvgIpc) is 2.97. The molecule has 0 spiro atoms. The van der Waals surface area contributed by atoms with Gasteiger partial charge >= 0.3 is 0 Å². The van der Waals surface area contributed by atoms with Gasteiger partial charge in [0.15, 0.2) is 5.16 Å². The maximum Gasteiger partial charge on any atom is 0.168 e. The van der Waals surface area contributed by atoms with Crippen LogP contribution in [-0.4, -0.2) is 14.7 Å². The van der Waals surface area contributed by atoms with Crippen molar-refractivity contribution in [3.8, 4) is 0 Å². The van der Waals surface area contributed by atoms with Crippen molar-refractivity contribution in [2.75, 3.05) is 0 Å². The molecule has 0 aliphatic carbocycles. The maximum absolute atomic E-state index is 9.36. The van der Waals surface area contributed by atoms with Gasteiger partial charge in [0.05, 0.1) is 12.3 Å². The van der Waals surface area contributed by atoms with Crippen molar-refractivity contribution in [2.45, 2.75) is 24.1 Å². The third kappa shape index (κ3) is 4.38. The summed E-state index contributed by atoms with van der Waals surface area (Å²) in [7, 11) is 0. The molecule has 118 valence electrons. The molecule has 5 heteroatoms. The molecule has 0 fully saturated rings. The Bertz CT molecular complexity index is 756. The third-order valence-corrected chi connectivity index (χ3v) is 4.74. The normalized spacial score (nSPS) is 10.9. The van der Waals surface area contributed by atoms with Crippen LogP contribution in [0.2, 0.25) is 5.02 Å². The van der Waals surface area contributed by atoms with Gasteiger partial charge in [0.1, 0.15) is 0 Å². The van der Waals surface area contributed by atoms with Crippen LogP contribution in [0.3, 0.4) is 0 Å². The van der Waals surface area contributed by atoms with Crippen LogP contribution in [-0.2, 0) is 18.9 Å². The van der Waals surface area contributed by atoms with E-state index in [1.165, 1.54) is 11.1 Å². The van der Waals surface area contributed by atoms with E-state index in [1.54, 1.807) is 11.8 Å². The lowest BCUT2D eigenvalue weighted by Gasteiger charge is -2.07. The first-order chi connectivity index (χ1) is 11.2. The first-order valence-corrected chi connectivity index (χ1v) is 8.69. The van der Waals surface area contributed by atoms with Gasteiger partial charge in [-0.1, -0.05) is 65.8 Å². The number of hydrogen-bond acceptors (Lipinski definition) is 3. The quantitative estimate of drug-likeness (QED) is 0.675. The number of rotatable bonds is 6. The Hall–Kier alpha value is -1.75. The Labute approximate surface area is 144 Å². The molecule has 0 aliphatic rings. The fourth-order valence-corrected chi connectivity index (χ4v) is 3.34. The standard InChI is InChI=1S/C18H17ClN2OS/c19-16-8-6-15(7-9-16)13-23-18-20-17(12-22)11-21(18)10-14-4-2-1-3-5-14/h1-9,11,22H,10,12-13H2. The monoisotopic (exact) mass is 344 g/mol. The molecule has 2 aromatic carbocycles. The van der Waals surface area contributed by atoms with Gasteiger partial charge < -0.3 is 9.67 Å². The zero-order valence-corrected chi connectivity index (χ0v) is 14.1. The molecule has 1 N–H and O–H groups in total. The highest BCUT2D eigenvalue weighted by atomic mass is 35.5. The summed E-state index contributed by atoms with van der Waals surface area (Å²) in [5, 5.41) is 11.0. The molecule has 0 saturated carbocycles. The second-order valence-electron chi connectivity index (χ2n) is 5.20. The molecule has 0 amide bonds. The fourth-order valence-electron chi connectivity index (χ4n) is 2.26. The summed E-state index contributed by atoms with van der Waals surface area (Å²) in [4.78, 5) is 4.51. The van der Waals surface area contributed by atoms with E-state index in [1.807, 2.05) is 48.7 Å². The van der Waals surface area contributed by atoms with Crippen LogP contribution in [0.4, 0.5) is 0 Å². The number of nitrogens with zero attached hydrogens (tertiary/aromatic N) is 2. The summed E-state index contributed by atoms with van der Waals surface area (Å²) in [6, 6.07) is 18.1. The van der Waals surface area contributed by atoms with Crippen LogP contribution in [0.5, 0.6) is 0 Å². The second kappa shape index (κ2) is 7.68. The number of halogens is 1. The Morgan fingerprint density at radius 3 is 2.43 bits per heavy atom. The van der Waals surface area contributed by atoms with Crippen LogP contribution < -0.4 is 0 Å². The molecule has 3 rings (SSSR count). The van der Waals surface area contributed by atoms with E-state index in [9.17, 15) is 5.11 Å². The van der Waals surface area contributed by atoms with E-state index in [-0.39, 0.29) is 6.61 Å². The summed E-state index contributed by atoms with van der Waals surface area (Å²) in [6.07, 6.45) is 1.91. The van der Waals surface area contributed by atoms with E-state index in [4.69, 9.17) is 11.6 Å². The third-order valence-electron chi connectivity index (χ3n) is 3.43. The van der Waals surface area contributed by atoms with Gasteiger partial charge in [0.25, 0.3) is 0 Å². The topological polar surface area (TPSA) is 38.0 Å². The minimum atomic E-state index is -0.0453. The van der Waals surface area contributed by atoms with Crippen molar-refractivity contribution >= 4 is 23.4 Å². The molecule has 0 bridgehead atoms. The number of aliphatic hydroxyl groups excluding tert-OH is 1. The Balaban J connectivity index is 1.75. The number of aliphatic hydroxyl groups is 1. The van der Waals surface area contributed by atoms with Gasteiger partial charge in [0.2, 0.25) is 0 Å². The smallest absolute Gasteiger partial charge is 0.168 e. The summed E-state index contributed by atoms with van der Waals surface area (Å²) in [5.41, 5.74) is 3.10. The van der Waals surface area contributed by atoms with Crippen molar-refractivity contribution in [2.24, 2.45) is 0 Å². The van der Waals surface area contributed by atoms with Crippen LogP contribution in [0.25, 0.3) is 0 Å². The molecule has 1 heterocycles. The SMILES string of the molecule is OCc1cn(Cc2ccccc2)c(SCc2ccc(Cl)cc2)n1. The van der Waals surface area contributed by atoms with Crippen molar-refractivity contribution in [1.82, 2.24) is 9.55 Å². The lowest BCUT2D eigenvalue weighted by atomic mass is 10.2. The van der Waals surface area contributed by atoms with Crippen molar-refractivity contribution in [3.63, 3.8) is 0 Å². The van der Waals surface area contributed by atoms with Crippen LogP contribution in [0.15, 0.2) is 66.0 Å². The Morgan fingerprint density at radius 1 is 1.00 bits per heavy atom. The first kappa shape index (κ1) is 16.1. The largest absolute Gasteiger partial charge is 0.390 e. The molecule has 0 atom stereocenters. The molecule has 0 saturated heterocycles. The van der Waals surface area contributed by atoms with Gasteiger partial charge in [-0.05, 0) is 23.3 Å². The number of thioether (sulfide) groups is 1. The fraction of sp³-hybridized carbons (Fsp3) is 0.167. The molecule has 0 unspecified atom stereocenters. The predicted molar refractivity (Wildman–Crippen MR) is 94.7 cm³/mol. The zero-order chi connectivity index (χ0) is 16.1. The molecule has 23 heavy (non-hydrogen) atoms. The summed E-state index contributed by atoms with van der Waals surface area (Å²) in [6.45, 7) is 0.701. The number of benzene rings is 2. The molecule has 0 radical (unpaired) electrons.